The summed E-state index contributed by atoms with van der Waals surface area (Å²) in [6, 6.07) is 3.25. The summed E-state index contributed by atoms with van der Waals surface area (Å²) in [5.74, 6) is -0.253. The molecule has 21 heavy (non-hydrogen) atoms. The van der Waals surface area contributed by atoms with Gasteiger partial charge >= 0.3 is 6.18 Å². The molecule has 0 aliphatic heterocycles. The lowest BCUT2D eigenvalue weighted by molar-refractivity contribution is -0.137. The third-order valence-corrected chi connectivity index (χ3v) is 3.65. The number of nitrogens with zero attached hydrogens (tertiary/aromatic N) is 2. The molecule has 0 amide bonds. The summed E-state index contributed by atoms with van der Waals surface area (Å²) >= 11 is 0. The van der Waals surface area contributed by atoms with E-state index < -0.39 is 11.7 Å². The van der Waals surface area contributed by atoms with Crippen LogP contribution in [0.3, 0.4) is 0 Å². The Morgan fingerprint density at radius 1 is 1.19 bits per heavy atom. The van der Waals surface area contributed by atoms with Gasteiger partial charge in [0.25, 0.3) is 0 Å². The molecule has 0 atom stereocenters. The predicted octanol–water partition coefficient (Wildman–Crippen LogP) is 3.91. The van der Waals surface area contributed by atoms with Gasteiger partial charge in [-0.2, -0.15) is 18.3 Å². The van der Waals surface area contributed by atoms with Crippen molar-refractivity contribution in [2.75, 3.05) is 0 Å². The summed E-state index contributed by atoms with van der Waals surface area (Å²) in [6.45, 7) is 2.61. The monoisotopic (exact) mass is 294 g/mol. The second-order valence-electron chi connectivity index (χ2n) is 5.07. The van der Waals surface area contributed by atoms with Crippen molar-refractivity contribution in [1.29, 1.82) is 0 Å². The van der Waals surface area contributed by atoms with E-state index in [9.17, 15) is 18.0 Å². The molecule has 0 N–H and O–H groups in total. The van der Waals surface area contributed by atoms with Crippen molar-refractivity contribution in [2.45, 2.75) is 32.5 Å². The largest absolute Gasteiger partial charge is 0.416 e. The fourth-order valence-electron chi connectivity index (χ4n) is 2.57. The molecule has 0 bridgehead atoms. The number of carbonyl (C=O) groups is 1. The highest BCUT2D eigenvalue weighted by Gasteiger charge is 2.36. The molecule has 2 aromatic rings. The average molecular weight is 294 g/mol. The van der Waals surface area contributed by atoms with Crippen LogP contribution in [0.1, 0.15) is 41.3 Å². The van der Waals surface area contributed by atoms with Gasteiger partial charge in [0.05, 0.1) is 23.0 Å². The van der Waals surface area contributed by atoms with E-state index in [0.717, 1.165) is 25.0 Å². The Hall–Kier alpha value is -2.11. The van der Waals surface area contributed by atoms with E-state index in [1.54, 1.807) is 4.68 Å². The molecule has 1 aromatic heterocycles. The van der Waals surface area contributed by atoms with Crippen molar-refractivity contribution in [3.8, 4) is 11.3 Å². The molecule has 0 radical (unpaired) electrons. The van der Waals surface area contributed by atoms with Crippen LogP contribution in [-0.4, -0.2) is 15.6 Å². The molecule has 110 valence electrons. The van der Waals surface area contributed by atoms with Gasteiger partial charge in [-0.25, -0.2) is 0 Å². The maximum Gasteiger partial charge on any atom is 0.416 e. The molecular formula is C15H13F3N2O. The van der Waals surface area contributed by atoms with Crippen molar-refractivity contribution in [3.05, 3.63) is 41.1 Å². The molecule has 1 heterocycles. The number of fused-ring (bicyclic) bond motifs is 3. The van der Waals surface area contributed by atoms with Crippen LogP contribution in [-0.2, 0) is 12.7 Å². The van der Waals surface area contributed by atoms with Gasteiger partial charge in [-0.1, -0.05) is 13.3 Å². The predicted molar refractivity (Wildman–Crippen MR) is 71.0 cm³/mol. The van der Waals surface area contributed by atoms with E-state index >= 15 is 0 Å². The van der Waals surface area contributed by atoms with Crippen molar-refractivity contribution in [3.63, 3.8) is 0 Å². The lowest BCUT2D eigenvalue weighted by Gasteiger charge is -2.10. The van der Waals surface area contributed by atoms with Crippen molar-refractivity contribution in [1.82, 2.24) is 9.78 Å². The number of benzene rings is 1. The number of aromatic nitrogens is 2. The van der Waals surface area contributed by atoms with E-state index in [0.29, 0.717) is 28.9 Å². The molecular weight excluding hydrogens is 281 g/mol. The minimum absolute atomic E-state index is 0.253. The van der Waals surface area contributed by atoms with E-state index in [-0.39, 0.29) is 5.78 Å². The minimum atomic E-state index is -4.42. The maximum absolute atomic E-state index is 12.9. The lowest BCUT2D eigenvalue weighted by atomic mass is 10.0. The number of aryl methyl sites for hydroxylation is 1. The van der Waals surface area contributed by atoms with E-state index in [1.165, 1.54) is 12.3 Å². The van der Waals surface area contributed by atoms with Crippen molar-refractivity contribution >= 4 is 5.78 Å². The van der Waals surface area contributed by atoms with Crippen LogP contribution in [0.25, 0.3) is 11.3 Å². The number of carbonyl (C=O) groups excluding carboxylic acids is 1. The molecule has 3 nitrogen and oxygen atoms in total. The Morgan fingerprint density at radius 3 is 2.62 bits per heavy atom. The summed E-state index contributed by atoms with van der Waals surface area (Å²) < 4.78 is 40.2. The first-order chi connectivity index (χ1) is 9.93. The van der Waals surface area contributed by atoms with E-state index in [1.807, 2.05) is 6.92 Å². The molecule has 1 aliphatic rings. The normalized spacial score (nSPS) is 13.4. The minimum Gasteiger partial charge on any atom is -0.288 e. The van der Waals surface area contributed by atoms with Crippen LogP contribution < -0.4 is 0 Å². The summed E-state index contributed by atoms with van der Waals surface area (Å²) in [6.07, 6.45) is -1.18. The zero-order valence-electron chi connectivity index (χ0n) is 11.4. The van der Waals surface area contributed by atoms with Crippen LogP contribution in [0.5, 0.6) is 0 Å². The van der Waals surface area contributed by atoms with Gasteiger partial charge in [0.15, 0.2) is 5.78 Å². The molecule has 6 heteroatoms. The SMILES string of the molecule is CCCCn1ncc2c1-c1cc(C(F)(F)F)ccc1C2=O. The van der Waals surface area contributed by atoms with Crippen LogP contribution >= 0.6 is 0 Å². The third-order valence-electron chi connectivity index (χ3n) is 3.65. The van der Waals surface area contributed by atoms with Gasteiger partial charge in [0.1, 0.15) is 0 Å². The molecule has 0 fully saturated rings. The highest BCUT2D eigenvalue weighted by Crippen LogP contribution is 2.40. The molecule has 0 unspecified atom stereocenters. The number of rotatable bonds is 3. The Bertz CT molecular complexity index is 716. The molecule has 1 aromatic carbocycles. The topological polar surface area (TPSA) is 34.9 Å². The van der Waals surface area contributed by atoms with Gasteiger partial charge in [0, 0.05) is 17.7 Å². The molecule has 0 spiro atoms. The summed E-state index contributed by atoms with van der Waals surface area (Å²) in [4.78, 5) is 12.2. The smallest absolute Gasteiger partial charge is 0.288 e. The van der Waals surface area contributed by atoms with Gasteiger partial charge < -0.3 is 0 Å². The van der Waals surface area contributed by atoms with Crippen LogP contribution in [0.15, 0.2) is 24.4 Å². The second-order valence-corrected chi connectivity index (χ2v) is 5.07. The quantitative estimate of drug-likeness (QED) is 0.734. The Morgan fingerprint density at radius 2 is 1.95 bits per heavy atom. The Labute approximate surface area is 119 Å². The number of hydrogen-bond donors (Lipinski definition) is 0. The first-order valence-corrected chi connectivity index (χ1v) is 6.75. The zero-order chi connectivity index (χ0) is 15.2. The van der Waals surface area contributed by atoms with Crippen LogP contribution in [0.4, 0.5) is 13.2 Å². The number of unbranched alkanes of at least 4 members (excludes halogenated alkanes) is 1. The summed E-state index contributed by atoms with van der Waals surface area (Å²) in [7, 11) is 0. The van der Waals surface area contributed by atoms with E-state index in [4.69, 9.17) is 0 Å². The Kier molecular flexibility index (Phi) is 3.11. The van der Waals surface area contributed by atoms with Crippen LogP contribution in [0, 0.1) is 0 Å². The van der Waals surface area contributed by atoms with Gasteiger partial charge in [-0.3, -0.25) is 9.48 Å². The highest BCUT2D eigenvalue weighted by atomic mass is 19.4. The zero-order valence-corrected chi connectivity index (χ0v) is 11.4. The fraction of sp³-hybridized carbons (Fsp3) is 0.333. The molecule has 0 saturated heterocycles. The van der Waals surface area contributed by atoms with Crippen LogP contribution in [0.2, 0.25) is 0 Å². The van der Waals surface area contributed by atoms with Crippen molar-refractivity contribution < 1.29 is 18.0 Å². The molecule has 1 aliphatic carbocycles. The summed E-state index contributed by atoms with van der Waals surface area (Å²) in [5.41, 5.74) is 0.805. The number of hydrogen-bond acceptors (Lipinski definition) is 2. The standard InChI is InChI=1S/C15H13F3N2O/c1-2-3-6-20-13-11-7-9(15(16,17)18)4-5-10(11)14(21)12(13)8-19-20/h4-5,7-8H,2-3,6H2,1H3. The summed E-state index contributed by atoms with van der Waals surface area (Å²) in [5, 5.41) is 4.13. The Balaban J connectivity index is 2.14. The third kappa shape index (κ3) is 2.14. The van der Waals surface area contributed by atoms with Gasteiger partial charge in [-0.05, 0) is 24.6 Å². The first kappa shape index (κ1) is 13.9. The number of alkyl halides is 3. The second kappa shape index (κ2) is 4.72. The number of ketones is 1. The maximum atomic E-state index is 12.9. The van der Waals surface area contributed by atoms with E-state index in [2.05, 4.69) is 5.10 Å². The van der Waals surface area contributed by atoms with Gasteiger partial charge in [0.2, 0.25) is 0 Å². The first-order valence-electron chi connectivity index (χ1n) is 6.75. The molecule has 3 rings (SSSR count). The highest BCUT2D eigenvalue weighted by molar-refractivity contribution is 6.21. The average Bonchev–Trinajstić information content (AvgIpc) is 2.96. The number of halogens is 3. The fourth-order valence-corrected chi connectivity index (χ4v) is 2.57. The molecule has 0 saturated carbocycles. The lowest BCUT2D eigenvalue weighted by Crippen LogP contribution is -2.07. The van der Waals surface area contributed by atoms with Crippen molar-refractivity contribution in [2.24, 2.45) is 0 Å². The van der Waals surface area contributed by atoms with Gasteiger partial charge in [-0.15, -0.1) is 0 Å².